The van der Waals surface area contributed by atoms with Crippen LogP contribution >= 0.6 is 38.4 Å². The summed E-state index contributed by atoms with van der Waals surface area (Å²) in [5.74, 6) is -0.532. The Hall–Kier alpha value is -9.08. The number of nitrogens with one attached hydrogen (secondary N) is 4. The van der Waals surface area contributed by atoms with Crippen molar-refractivity contribution >= 4 is 101 Å². The normalized spacial score (nSPS) is 26.4. The first-order valence-electron chi connectivity index (χ1n) is 40.7. The van der Waals surface area contributed by atoms with Crippen LogP contribution in [0.5, 0.6) is 0 Å². The summed E-state index contributed by atoms with van der Waals surface area (Å²) in [7, 11) is -6.88. The third-order valence-corrected chi connectivity index (χ3v) is 35.0. The molecule has 6 fully saturated rings. The maximum Gasteiger partial charge on any atom is 0.351 e. The van der Waals surface area contributed by atoms with E-state index in [-0.39, 0.29) is 154 Å². The minimum absolute atomic E-state index is 0.00934. The molecule has 0 aliphatic carbocycles. The van der Waals surface area contributed by atoms with Crippen molar-refractivity contribution < 1.29 is 79.0 Å². The van der Waals surface area contributed by atoms with Gasteiger partial charge in [-0.25, -0.2) is 86.0 Å². The van der Waals surface area contributed by atoms with Gasteiger partial charge in [0.2, 0.25) is 11.9 Å². The summed E-state index contributed by atoms with van der Waals surface area (Å²) in [5, 5.41) is 13.7. The van der Waals surface area contributed by atoms with E-state index < -0.39 is 179 Å². The van der Waals surface area contributed by atoms with Gasteiger partial charge < -0.3 is 90.1 Å². The molecule has 57 nitrogen and oxygen atoms in total. The van der Waals surface area contributed by atoms with Gasteiger partial charge in [-0.1, -0.05) is 0 Å². The summed E-state index contributed by atoms with van der Waals surface area (Å²) in [6.45, 7) is -3.78. The number of ether oxygens (including phenoxy) is 6. The van der Waals surface area contributed by atoms with Crippen LogP contribution in [0.4, 0.5) is 29.4 Å². The number of nitrogen functional groups attached to an aromatic ring is 5. The van der Waals surface area contributed by atoms with Crippen LogP contribution in [-0.2, 0) is 73.9 Å². The maximum absolute atomic E-state index is 16.6. The highest BCUT2D eigenvalue weighted by molar-refractivity contribution is 7.55. The zero-order valence-electron chi connectivity index (χ0n) is 72.6. The van der Waals surface area contributed by atoms with Crippen molar-refractivity contribution in [2.45, 2.75) is 80.9 Å². The monoisotopic (exact) mass is 1920 g/mol. The number of nitrogens with two attached hydrogens (primary N) is 5. The number of hydrogen-bond donors (Lipinski definition) is 10. The van der Waals surface area contributed by atoms with Crippen molar-refractivity contribution in [2.24, 2.45) is 0 Å². The van der Waals surface area contributed by atoms with Gasteiger partial charge in [0.15, 0.2) is 52.5 Å². The number of aliphatic hydroxyl groups is 1. The van der Waals surface area contributed by atoms with Gasteiger partial charge in [-0.3, -0.25) is 79.6 Å². The van der Waals surface area contributed by atoms with Gasteiger partial charge in [0.25, 0.3) is 16.7 Å². The highest BCUT2D eigenvalue weighted by atomic mass is 31.2. The van der Waals surface area contributed by atoms with E-state index in [0.29, 0.717) is 0 Å². The predicted molar refractivity (Wildman–Crippen MR) is 464 cm³/mol. The van der Waals surface area contributed by atoms with Gasteiger partial charge in [-0.15, -0.1) is 0 Å². The number of aryl methyl sites for hydroxylation is 1. The second-order valence-electron chi connectivity index (χ2n) is 32.3. The summed E-state index contributed by atoms with van der Waals surface area (Å²) in [6.07, 6.45) is -4.37. The lowest BCUT2D eigenvalue weighted by atomic mass is 10.3. The summed E-state index contributed by atoms with van der Waals surface area (Å²) in [4.78, 5) is 125. The van der Waals surface area contributed by atoms with Crippen molar-refractivity contribution in [2.75, 3.05) is 217 Å². The number of aliphatic hydroxyl groups excluding tert-OH is 1. The second kappa shape index (κ2) is 38.5. The Labute approximate surface area is 738 Å². The molecule has 6 aliphatic heterocycles. The molecule has 62 heteroatoms. The van der Waals surface area contributed by atoms with Gasteiger partial charge in [-0.05, 0) is 89.5 Å². The number of H-pyrrole nitrogens is 3. The molecule has 710 valence electrons. The van der Waals surface area contributed by atoms with Gasteiger partial charge >= 0.3 is 55.4 Å². The third-order valence-electron chi connectivity index (χ3n) is 22.4. The molecular formula is C68H105N34O23P5. The van der Waals surface area contributed by atoms with Crippen molar-refractivity contribution in [1.29, 1.82) is 0 Å². The molecule has 6 aliphatic rings. The Morgan fingerprint density at radius 3 is 1.12 bits per heavy atom. The average molecular weight is 1920 g/mol. The lowest BCUT2D eigenvalue weighted by Crippen LogP contribution is -2.51. The minimum Gasteiger partial charge on any atom is -0.394 e. The number of fused-ring (bicyclic) bond motifs is 3. The van der Waals surface area contributed by atoms with Crippen LogP contribution < -0.4 is 67.7 Å². The summed E-state index contributed by atoms with van der Waals surface area (Å²) in [5.41, 5.74) is 25.9. The number of imidazole rings is 3. The number of hydrogen-bond acceptors (Lipinski definition) is 38. The topological polar surface area (TPSA) is 677 Å². The van der Waals surface area contributed by atoms with E-state index in [1.54, 1.807) is 4.57 Å². The molecule has 0 bridgehead atoms. The Kier molecular flexibility index (Phi) is 28.3. The number of aromatic nitrogens is 18. The van der Waals surface area contributed by atoms with E-state index in [9.17, 15) is 33.9 Å². The number of morpholine rings is 6. The Bertz CT molecular complexity index is 6290. The van der Waals surface area contributed by atoms with Crippen molar-refractivity contribution in [3.8, 4) is 0 Å². The van der Waals surface area contributed by atoms with Crippen molar-refractivity contribution in [1.82, 2.24) is 139 Å². The molecule has 6 unspecified atom stereocenters. The zero-order chi connectivity index (χ0) is 93.1. The van der Waals surface area contributed by atoms with Gasteiger partial charge in [0.1, 0.15) is 42.2 Å². The molecule has 0 aromatic carbocycles. The number of nitrogens with zero attached hydrogens (tertiary/aromatic N) is 25. The fraction of sp³-hybridized carbons (Fsp3) is 0.603. The zero-order valence-corrected chi connectivity index (χ0v) is 77.1. The van der Waals surface area contributed by atoms with E-state index in [1.165, 1.54) is 194 Å². The minimum atomic E-state index is -4.55. The number of aromatic amines is 3. The molecule has 15 N–H and O–H groups in total. The Morgan fingerprint density at radius 2 is 0.738 bits per heavy atom. The lowest BCUT2D eigenvalue weighted by molar-refractivity contribution is -0.132. The van der Waals surface area contributed by atoms with Crippen LogP contribution in [0.3, 0.4) is 0 Å². The van der Waals surface area contributed by atoms with Crippen LogP contribution in [-0.4, -0.2) is 364 Å². The fourth-order valence-electron chi connectivity index (χ4n) is 15.8. The summed E-state index contributed by atoms with van der Waals surface area (Å²) >= 11 is 0. The molecule has 6 saturated heterocycles. The van der Waals surface area contributed by atoms with Crippen LogP contribution in [0.2, 0.25) is 0 Å². The molecule has 0 saturated carbocycles. The first-order valence-corrected chi connectivity index (χ1v) is 48.3. The number of anilines is 5. The molecular weight excluding hydrogens is 1820 g/mol. The molecule has 15 heterocycles. The highest BCUT2D eigenvalue weighted by Crippen LogP contribution is 2.61. The SMILES string of the molecule is Cc1cn([C@H]2CN(P(=O)(OC[C@@H]3CN(P(=O)(OCC4CNC[C@H](n5ccc(N)nc5=O)O4)N(C)C)C[C@H](n4cnc5c(=O)[nH]c(N)nc54)O3)N(C)C)C[C@@H](COP(=O)(N(C)C)N3C[C@@H](COP(=O)(N(C)C)N4C[C@@H](COP(=O)(N(C)C)N5C[C@@H](CO)O[C@@H](n6ccc(N)nc6=O)C5)O[C@@H](n5cnc6c(N)ncnc65)C4)O[C@@H](n4cnc5c(=O)[nH]c(N)nc54)C3)O2)c(=O)[nH]c1=O. The first kappa shape index (κ1) is 95.5. The predicted octanol–water partition coefficient (Wildman–Crippen LogP) is -2.72. The smallest absolute Gasteiger partial charge is 0.351 e. The van der Waals surface area contributed by atoms with E-state index in [2.05, 4.69) is 65.1 Å². The molecule has 0 spiro atoms. The molecule has 0 amide bonds. The Balaban J connectivity index is 0.709. The quantitative estimate of drug-likeness (QED) is 0.0192. The molecule has 17 atom stereocenters. The number of rotatable bonds is 32. The highest BCUT2D eigenvalue weighted by Gasteiger charge is 2.52. The average Bonchev–Trinajstić information content (AvgIpc) is 1.48. The molecule has 15 rings (SSSR count). The van der Waals surface area contributed by atoms with E-state index in [1.807, 2.05) is 0 Å². The molecule has 9 aromatic heterocycles. The Morgan fingerprint density at radius 1 is 0.400 bits per heavy atom. The molecule has 130 heavy (non-hydrogen) atoms. The fourth-order valence-corrected chi connectivity index (χ4v) is 25.8. The lowest BCUT2D eigenvalue weighted by Gasteiger charge is -2.46. The maximum atomic E-state index is 16.6. The standard InChI is InChI=1S/C68H105N34O23P5/c1-39-18-99(68(109)86-61(39)104)50-25-93(128(112,89(6)7)118-33-44-22-95(27-52(124-44)101-37-78-55-59(101)82-64(72)84-62(55)105)127(111,88(4)5)115-30-40-16-74-17-48(120-40)97-14-12-46(69)80-66(97)107)20-42(122-50)31-117-130(114,91(10)11)96-23-45(125-53(28-96)102-38-79-56-60(102)83-65(73)85-63(56)106)34-119-129(113,90(8)9)94-21-43(123-51(26-94)100-36-77-54-57(71)75-35-76-58(54)100)32-116-126(110,87(2)3)92-19-41(29-103)121-49(24-92)98-15-13-47(70)81-67(98)108/h12-15,18,35-38,40-45,48-53,74,103H,16-17,19-34H2,1-11H3,(H2,69,80,107)(H2,70,81,108)(H2,71,75,76)(H,86,104,109)(H3,72,82,84,105)(H3,73,83,85,106)/t40?,41-,42-,43-,44-,45-,48+,49+,50+,51+,52+,53+,126?,127?,128?,129?,130?/m0/s1. The molecule has 9 aromatic rings. The van der Waals surface area contributed by atoms with E-state index in [4.69, 9.17) is 79.7 Å². The van der Waals surface area contributed by atoms with E-state index >= 15 is 22.8 Å². The summed E-state index contributed by atoms with van der Waals surface area (Å²) < 4.78 is 175. The van der Waals surface area contributed by atoms with Gasteiger partial charge in [0.05, 0.1) is 128 Å². The van der Waals surface area contributed by atoms with Crippen LogP contribution in [0, 0.1) is 6.92 Å². The third kappa shape index (κ3) is 19.4. The van der Waals surface area contributed by atoms with Gasteiger partial charge in [-0.2, -0.15) is 19.9 Å². The van der Waals surface area contributed by atoms with Gasteiger partial charge in [0, 0.05) is 70.0 Å². The molecule has 0 radical (unpaired) electrons. The first-order chi connectivity index (χ1) is 61.7. The summed E-state index contributed by atoms with van der Waals surface area (Å²) in [6, 6.07) is 2.83. The van der Waals surface area contributed by atoms with Crippen LogP contribution in [0.1, 0.15) is 42.9 Å². The second-order valence-corrected chi connectivity index (χ2v) is 45.4. The van der Waals surface area contributed by atoms with Crippen LogP contribution in [0.25, 0.3) is 33.5 Å². The largest absolute Gasteiger partial charge is 0.394 e. The van der Waals surface area contributed by atoms with E-state index in [0.717, 1.165) is 9.13 Å². The van der Waals surface area contributed by atoms with Crippen molar-refractivity contribution in [3.63, 3.8) is 0 Å². The van der Waals surface area contributed by atoms with Crippen LogP contribution in [0.15, 0.2) is 84.8 Å². The van der Waals surface area contributed by atoms with Crippen molar-refractivity contribution in [3.05, 3.63) is 124 Å².